The largest absolute Gasteiger partial charge is 0.269 e. The Bertz CT molecular complexity index is 326. The van der Waals surface area contributed by atoms with Crippen LogP contribution in [0.15, 0.2) is 18.2 Å². The summed E-state index contributed by atoms with van der Waals surface area (Å²) in [5.41, 5.74) is 0.900. The lowest BCUT2D eigenvalue weighted by Gasteiger charge is -2.17. The molecule has 0 bridgehead atoms. The monoisotopic (exact) mass is 178 g/mol. The van der Waals surface area contributed by atoms with Gasteiger partial charge in [-0.15, -0.1) is 0 Å². The summed E-state index contributed by atoms with van der Waals surface area (Å²) in [7, 11) is 0. The number of non-ortho nitro benzene ring substituents is 1. The van der Waals surface area contributed by atoms with Crippen LogP contribution in [0.4, 0.5) is 5.69 Å². The summed E-state index contributed by atoms with van der Waals surface area (Å²) in [6.45, 7) is 6.01. The highest BCUT2D eigenvalue weighted by atomic mass is 16.6. The Kier molecular flexibility index (Phi) is 2.36. The standard InChI is InChI=1S/C10H12NO2/c1-10(2,3)8-5-4-6-9(7-8)11(12)13/h4,6-7H,1-3H3. The molecule has 0 amide bonds. The Labute approximate surface area is 77.5 Å². The maximum atomic E-state index is 10.5. The van der Waals surface area contributed by atoms with Gasteiger partial charge in [-0.25, -0.2) is 0 Å². The van der Waals surface area contributed by atoms with E-state index in [1.54, 1.807) is 12.1 Å². The maximum Gasteiger partial charge on any atom is 0.269 e. The second-order valence-corrected chi connectivity index (χ2v) is 3.97. The molecule has 3 nitrogen and oxygen atoms in total. The third kappa shape index (κ3) is 2.28. The van der Waals surface area contributed by atoms with Crippen LogP contribution >= 0.6 is 0 Å². The van der Waals surface area contributed by atoms with Crippen LogP contribution in [-0.4, -0.2) is 4.92 Å². The maximum absolute atomic E-state index is 10.5. The molecule has 1 aromatic rings. The Balaban J connectivity index is 3.13. The molecular weight excluding hydrogens is 166 g/mol. The zero-order valence-corrected chi connectivity index (χ0v) is 8.00. The van der Waals surface area contributed by atoms with Gasteiger partial charge in [-0.1, -0.05) is 20.8 Å². The van der Waals surface area contributed by atoms with Crippen molar-refractivity contribution < 1.29 is 4.92 Å². The number of hydrogen-bond donors (Lipinski definition) is 0. The highest BCUT2D eigenvalue weighted by Gasteiger charge is 2.16. The van der Waals surface area contributed by atoms with E-state index in [4.69, 9.17) is 0 Å². The molecule has 1 radical (unpaired) electrons. The zero-order valence-electron chi connectivity index (χ0n) is 8.00. The molecule has 0 saturated heterocycles. The molecule has 0 spiro atoms. The number of nitro groups is 1. The quantitative estimate of drug-likeness (QED) is 0.490. The van der Waals surface area contributed by atoms with Crippen LogP contribution in [0, 0.1) is 16.2 Å². The van der Waals surface area contributed by atoms with Gasteiger partial charge in [0.05, 0.1) is 4.92 Å². The molecule has 0 aliphatic rings. The molecule has 0 atom stereocenters. The van der Waals surface area contributed by atoms with E-state index in [1.165, 1.54) is 6.07 Å². The van der Waals surface area contributed by atoms with Crippen molar-refractivity contribution in [3.05, 3.63) is 39.9 Å². The highest BCUT2D eigenvalue weighted by molar-refractivity contribution is 5.36. The lowest BCUT2D eigenvalue weighted by atomic mass is 9.87. The van der Waals surface area contributed by atoms with Crippen LogP contribution in [0.3, 0.4) is 0 Å². The normalized spacial score (nSPS) is 11.3. The first kappa shape index (κ1) is 9.71. The molecule has 13 heavy (non-hydrogen) atoms. The molecule has 0 unspecified atom stereocenters. The van der Waals surface area contributed by atoms with Crippen molar-refractivity contribution in [3.63, 3.8) is 0 Å². The molecule has 0 aliphatic carbocycles. The van der Waals surface area contributed by atoms with E-state index in [9.17, 15) is 10.1 Å². The van der Waals surface area contributed by atoms with Gasteiger partial charge in [-0.05, 0) is 23.1 Å². The van der Waals surface area contributed by atoms with Gasteiger partial charge in [0.2, 0.25) is 0 Å². The van der Waals surface area contributed by atoms with E-state index in [-0.39, 0.29) is 16.0 Å². The fraction of sp³-hybridized carbons (Fsp3) is 0.400. The van der Waals surface area contributed by atoms with E-state index in [0.29, 0.717) is 0 Å². The molecule has 0 saturated carbocycles. The van der Waals surface area contributed by atoms with E-state index in [1.807, 2.05) is 20.8 Å². The minimum atomic E-state index is -0.386. The fourth-order valence-corrected chi connectivity index (χ4v) is 1.00. The lowest BCUT2D eigenvalue weighted by molar-refractivity contribution is -0.385. The van der Waals surface area contributed by atoms with Gasteiger partial charge in [0.25, 0.3) is 5.69 Å². The molecule has 3 heteroatoms. The van der Waals surface area contributed by atoms with E-state index in [0.717, 1.165) is 5.56 Å². The second-order valence-electron chi connectivity index (χ2n) is 3.97. The molecule has 0 aromatic heterocycles. The van der Waals surface area contributed by atoms with Crippen molar-refractivity contribution >= 4 is 5.69 Å². The Hall–Kier alpha value is -1.38. The highest BCUT2D eigenvalue weighted by Crippen LogP contribution is 2.24. The fourth-order valence-electron chi connectivity index (χ4n) is 1.00. The number of nitro benzene ring substituents is 1. The van der Waals surface area contributed by atoms with E-state index >= 15 is 0 Å². The summed E-state index contributed by atoms with van der Waals surface area (Å²) < 4.78 is 0. The van der Waals surface area contributed by atoms with Crippen LogP contribution in [0.2, 0.25) is 0 Å². The van der Waals surface area contributed by atoms with Crippen LogP contribution in [-0.2, 0) is 5.41 Å². The van der Waals surface area contributed by atoms with Crippen molar-refractivity contribution in [2.24, 2.45) is 0 Å². The Morgan fingerprint density at radius 3 is 2.54 bits per heavy atom. The van der Waals surface area contributed by atoms with Gasteiger partial charge in [-0.3, -0.25) is 10.1 Å². The third-order valence-corrected chi connectivity index (χ3v) is 1.80. The Morgan fingerprint density at radius 1 is 1.46 bits per heavy atom. The van der Waals surface area contributed by atoms with Crippen molar-refractivity contribution in [1.82, 2.24) is 0 Å². The Morgan fingerprint density at radius 2 is 2.08 bits per heavy atom. The average Bonchev–Trinajstić information content (AvgIpc) is 2.03. The smallest absolute Gasteiger partial charge is 0.258 e. The number of benzene rings is 1. The van der Waals surface area contributed by atoms with Crippen molar-refractivity contribution in [2.45, 2.75) is 26.2 Å². The van der Waals surface area contributed by atoms with E-state index < -0.39 is 0 Å². The summed E-state index contributed by atoms with van der Waals surface area (Å²) in [5.74, 6) is 0. The van der Waals surface area contributed by atoms with Crippen molar-refractivity contribution in [2.75, 3.05) is 0 Å². The van der Waals surface area contributed by atoms with Crippen LogP contribution in [0.25, 0.3) is 0 Å². The van der Waals surface area contributed by atoms with Gasteiger partial charge >= 0.3 is 0 Å². The first-order valence-corrected chi connectivity index (χ1v) is 4.08. The van der Waals surface area contributed by atoms with Gasteiger partial charge < -0.3 is 0 Å². The van der Waals surface area contributed by atoms with Crippen LogP contribution in [0.5, 0.6) is 0 Å². The second kappa shape index (κ2) is 3.17. The minimum Gasteiger partial charge on any atom is -0.258 e. The zero-order chi connectivity index (χ0) is 10.1. The molecule has 0 fully saturated rings. The SMILES string of the molecule is CC(C)(C)c1[c]ccc([N+](=O)[O-])c1. The topological polar surface area (TPSA) is 43.1 Å². The molecule has 1 rings (SSSR count). The molecule has 0 N–H and O–H groups in total. The molecule has 69 valence electrons. The summed E-state index contributed by atoms with van der Waals surface area (Å²) in [4.78, 5) is 10.1. The summed E-state index contributed by atoms with van der Waals surface area (Å²) in [6.07, 6.45) is 0. The van der Waals surface area contributed by atoms with Crippen molar-refractivity contribution in [1.29, 1.82) is 0 Å². The number of rotatable bonds is 1. The van der Waals surface area contributed by atoms with Crippen molar-refractivity contribution in [3.8, 4) is 0 Å². The molecule has 0 aliphatic heterocycles. The third-order valence-electron chi connectivity index (χ3n) is 1.80. The average molecular weight is 178 g/mol. The van der Waals surface area contributed by atoms with E-state index in [2.05, 4.69) is 6.07 Å². The predicted octanol–water partition coefficient (Wildman–Crippen LogP) is 2.69. The van der Waals surface area contributed by atoms with Gasteiger partial charge in [0.1, 0.15) is 0 Å². The van der Waals surface area contributed by atoms with Gasteiger partial charge in [0.15, 0.2) is 0 Å². The summed E-state index contributed by atoms with van der Waals surface area (Å²) in [5, 5.41) is 10.5. The number of hydrogen-bond acceptors (Lipinski definition) is 2. The summed E-state index contributed by atoms with van der Waals surface area (Å²) in [6, 6.07) is 7.62. The van der Waals surface area contributed by atoms with Gasteiger partial charge in [0, 0.05) is 12.1 Å². The first-order valence-electron chi connectivity index (χ1n) is 4.08. The molecule has 0 heterocycles. The molecular formula is C10H12NO2. The summed E-state index contributed by atoms with van der Waals surface area (Å²) >= 11 is 0. The van der Waals surface area contributed by atoms with Gasteiger partial charge in [-0.2, -0.15) is 0 Å². The minimum absolute atomic E-state index is 0.0912. The molecule has 1 aromatic carbocycles. The number of nitrogens with zero attached hydrogens (tertiary/aromatic N) is 1. The van der Waals surface area contributed by atoms with Crippen LogP contribution in [0.1, 0.15) is 26.3 Å². The lowest BCUT2D eigenvalue weighted by Crippen LogP contribution is -2.11. The van der Waals surface area contributed by atoms with Crippen LogP contribution < -0.4 is 0 Å². The first-order chi connectivity index (χ1) is 5.91. The predicted molar refractivity (Wildman–Crippen MR) is 50.6 cm³/mol.